The molecule has 1 aromatic rings. The van der Waals surface area contributed by atoms with Crippen molar-refractivity contribution in [2.75, 3.05) is 0 Å². The molecular weight excluding hydrogens is 352 g/mol. The van der Waals surface area contributed by atoms with Crippen molar-refractivity contribution in [1.82, 2.24) is 0 Å². The molecule has 0 aliphatic heterocycles. The topological polar surface area (TPSA) is 23.8 Å². The van der Waals surface area contributed by atoms with Crippen molar-refractivity contribution in [3.63, 3.8) is 0 Å². The molecule has 0 heterocycles. The Morgan fingerprint density at radius 2 is 1.39 bits per heavy atom. The second-order valence-corrected chi connectivity index (χ2v) is 9.01. The molecular formula is C25H33F2N. The first-order valence-electron chi connectivity index (χ1n) is 11.1. The van der Waals surface area contributed by atoms with Crippen molar-refractivity contribution in [1.29, 1.82) is 5.26 Å². The molecule has 3 rings (SSSR count). The SMILES string of the molecule is C=CCCC1CCC(C2CCC(CCc3cc(F)c(C#N)c(F)c3)CC2)CC1. The molecule has 0 aromatic heterocycles. The Hall–Kier alpha value is -1.69. The van der Waals surface area contributed by atoms with Gasteiger partial charge in [-0.1, -0.05) is 31.8 Å². The summed E-state index contributed by atoms with van der Waals surface area (Å²) >= 11 is 0. The smallest absolute Gasteiger partial charge is 0.144 e. The van der Waals surface area contributed by atoms with E-state index < -0.39 is 17.2 Å². The molecule has 0 atom stereocenters. The Kier molecular flexibility index (Phi) is 7.65. The van der Waals surface area contributed by atoms with Crippen LogP contribution in [0.25, 0.3) is 0 Å². The molecule has 0 unspecified atom stereocenters. The van der Waals surface area contributed by atoms with Crippen molar-refractivity contribution in [2.24, 2.45) is 23.7 Å². The lowest BCUT2D eigenvalue weighted by Crippen LogP contribution is -2.26. The van der Waals surface area contributed by atoms with Gasteiger partial charge in [0.25, 0.3) is 0 Å². The van der Waals surface area contributed by atoms with Crippen molar-refractivity contribution in [3.8, 4) is 6.07 Å². The van der Waals surface area contributed by atoms with E-state index in [1.54, 1.807) is 6.07 Å². The van der Waals surface area contributed by atoms with Crippen LogP contribution in [-0.4, -0.2) is 0 Å². The number of aryl methyl sites for hydroxylation is 1. The zero-order chi connectivity index (χ0) is 19.9. The number of allylic oxidation sites excluding steroid dienone is 1. The van der Waals surface area contributed by atoms with Crippen molar-refractivity contribution in [2.45, 2.75) is 77.0 Å². The molecule has 0 bridgehead atoms. The molecule has 152 valence electrons. The molecule has 1 nitrogen and oxygen atoms in total. The maximum Gasteiger partial charge on any atom is 0.144 e. The highest BCUT2D eigenvalue weighted by Gasteiger charge is 2.30. The Morgan fingerprint density at radius 3 is 1.86 bits per heavy atom. The lowest BCUT2D eigenvalue weighted by Gasteiger charge is -2.38. The molecule has 28 heavy (non-hydrogen) atoms. The van der Waals surface area contributed by atoms with E-state index in [1.165, 1.54) is 69.9 Å². The van der Waals surface area contributed by atoms with E-state index in [2.05, 4.69) is 6.58 Å². The standard InChI is InChI=1S/C25H33F2N/c1-2-3-4-18-7-11-21(12-8-18)22-13-9-19(10-14-22)5-6-20-15-24(26)23(17-28)25(27)16-20/h2,15-16,18-19,21-22H,1,3-14H2. The summed E-state index contributed by atoms with van der Waals surface area (Å²) in [7, 11) is 0. The largest absolute Gasteiger partial charge is 0.205 e. The van der Waals surface area contributed by atoms with Crippen molar-refractivity contribution >= 4 is 0 Å². The molecule has 0 radical (unpaired) electrons. The lowest BCUT2D eigenvalue weighted by molar-refractivity contribution is 0.141. The molecule has 1 aromatic carbocycles. The van der Waals surface area contributed by atoms with Crippen LogP contribution in [0.3, 0.4) is 0 Å². The number of halogens is 2. The van der Waals surface area contributed by atoms with Gasteiger partial charge in [0.05, 0.1) is 0 Å². The quantitative estimate of drug-likeness (QED) is 0.450. The van der Waals surface area contributed by atoms with Crippen LogP contribution in [0, 0.1) is 46.6 Å². The summed E-state index contributed by atoms with van der Waals surface area (Å²) in [5.74, 6) is 1.93. The average molecular weight is 386 g/mol. The zero-order valence-electron chi connectivity index (χ0n) is 16.9. The summed E-state index contributed by atoms with van der Waals surface area (Å²) < 4.78 is 27.5. The van der Waals surface area contributed by atoms with Crippen LogP contribution in [0.5, 0.6) is 0 Å². The number of nitriles is 1. The fourth-order valence-corrected chi connectivity index (χ4v) is 5.50. The maximum atomic E-state index is 13.8. The summed E-state index contributed by atoms with van der Waals surface area (Å²) in [6.45, 7) is 3.84. The molecule has 2 aliphatic rings. The monoisotopic (exact) mass is 385 g/mol. The van der Waals surface area contributed by atoms with E-state index in [9.17, 15) is 8.78 Å². The van der Waals surface area contributed by atoms with Gasteiger partial charge in [0, 0.05) is 0 Å². The van der Waals surface area contributed by atoms with Crippen LogP contribution in [0.1, 0.15) is 81.8 Å². The lowest BCUT2D eigenvalue weighted by atomic mass is 9.68. The third kappa shape index (κ3) is 5.43. The van der Waals surface area contributed by atoms with E-state index in [1.807, 2.05) is 6.08 Å². The maximum absolute atomic E-state index is 13.8. The van der Waals surface area contributed by atoms with E-state index >= 15 is 0 Å². The third-order valence-electron chi connectivity index (χ3n) is 7.28. The summed E-state index contributed by atoms with van der Waals surface area (Å²) in [5, 5.41) is 8.77. The molecule has 2 fully saturated rings. The minimum atomic E-state index is -0.732. The second kappa shape index (κ2) is 10.2. The Balaban J connectivity index is 1.40. The van der Waals surface area contributed by atoms with Crippen LogP contribution in [0.2, 0.25) is 0 Å². The summed E-state index contributed by atoms with van der Waals surface area (Å²) in [6, 6.07) is 4.25. The highest BCUT2D eigenvalue weighted by Crippen LogP contribution is 2.43. The number of rotatable bonds is 7. The van der Waals surface area contributed by atoms with Gasteiger partial charge in [0.15, 0.2) is 0 Å². The fourth-order valence-electron chi connectivity index (χ4n) is 5.50. The normalized spacial score (nSPS) is 27.9. The average Bonchev–Trinajstić information content (AvgIpc) is 2.71. The van der Waals surface area contributed by atoms with Gasteiger partial charge in [-0.2, -0.15) is 5.26 Å². The first-order chi connectivity index (χ1) is 13.6. The van der Waals surface area contributed by atoms with Gasteiger partial charge in [-0.15, -0.1) is 6.58 Å². The van der Waals surface area contributed by atoms with Gasteiger partial charge >= 0.3 is 0 Å². The summed E-state index contributed by atoms with van der Waals surface area (Å²) in [6.07, 6.45) is 17.0. The van der Waals surface area contributed by atoms with E-state index in [-0.39, 0.29) is 0 Å². The highest BCUT2D eigenvalue weighted by atomic mass is 19.1. The minimum absolute atomic E-state index is 0.469. The highest BCUT2D eigenvalue weighted by molar-refractivity contribution is 5.35. The Morgan fingerprint density at radius 1 is 0.893 bits per heavy atom. The minimum Gasteiger partial charge on any atom is -0.205 e. The van der Waals surface area contributed by atoms with Crippen LogP contribution < -0.4 is 0 Å². The zero-order valence-corrected chi connectivity index (χ0v) is 16.9. The Bertz CT molecular complexity index is 666. The molecule has 0 N–H and O–H groups in total. The van der Waals surface area contributed by atoms with Crippen molar-refractivity contribution in [3.05, 3.63) is 47.5 Å². The fraction of sp³-hybridized carbons (Fsp3) is 0.640. The summed E-state index contributed by atoms with van der Waals surface area (Å²) in [5.41, 5.74) is 0.206. The summed E-state index contributed by atoms with van der Waals surface area (Å²) in [4.78, 5) is 0. The van der Waals surface area contributed by atoms with Crippen LogP contribution in [-0.2, 0) is 6.42 Å². The second-order valence-electron chi connectivity index (χ2n) is 9.01. The van der Waals surface area contributed by atoms with E-state index in [4.69, 9.17) is 5.26 Å². The van der Waals surface area contributed by atoms with Gasteiger partial charge in [-0.25, -0.2) is 8.78 Å². The van der Waals surface area contributed by atoms with Crippen LogP contribution >= 0.6 is 0 Å². The van der Waals surface area contributed by atoms with Gasteiger partial charge in [-0.05, 0) is 92.7 Å². The first kappa shape index (κ1) is 21.0. The van der Waals surface area contributed by atoms with Crippen LogP contribution in [0.15, 0.2) is 24.8 Å². The number of benzene rings is 1. The first-order valence-corrected chi connectivity index (χ1v) is 11.1. The van der Waals surface area contributed by atoms with Crippen molar-refractivity contribution < 1.29 is 8.78 Å². The Labute approximate surface area is 168 Å². The van der Waals surface area contributed by atoms with Crippen LogP contribution in [0.4, 0.5) is 8.78 Å². The molecule has 0 saturated heterocycles. The molecule has 0 spiro atoms. The van der Waals surface area contributed by atoms with Gasteiger partial charge < -0.3 is 0 Å². The van der Waals surface area contributed by atoms with Gasteiger partial charge in [0.2, 0.25) is 0 Å². The van der Waals surface area contributed by atoms with E-state index in [0.717, 1.165) is 30.6 Å². The molecule has 2 aliphatic carbocycles. The van der Waals surface area contributed by atoms with Gasteiger partial charge in [-0.3, -0.25) is 0 Å². The number of hydrogen-bond donors (Lipinski definition) is 0. The predicted molar refractivity (Wildman–Crippen MR) is 110 cm³/mol. The predicted octanol–water partition coefficient (Wildman–Crippen LogP) is 7.35. The van der Waals surface area contributed by atoms with E-state index in [0.29, 0.717) is 17.9 Å². The third-order valence-corrected chi connectivity index (χ3v) is 7.28. The van der Waals surface area contributed by atoms with Gasteiger partial charge in [0.1, 0.15) is 23.3 Å². The number of nitrogens with zero attached hydrogens (tertiary/aromatic N) is 1. The molecule has 2 saturated carbocycles. The molecule has 0 amide bonds. The molecule has 3 heteroatoms. The number of hydrogen-bond acceptors (Lipinski definition) is 1.